The van der Waals surface area contributed by atoms with E-state index in [0.717, 1.165) is 11.3 Å². The predicted molar refractivity (Wildman–Crippen MR) is 74.3 cm³/mol. The van der Waals surface area contributed by atoms with E-state index in [0.29, 0.717) is 11.0 Å². The van der Waals surface area contributed by atoms with Crippen LogP contribution in [0.2, 0.25) is 0 Å². The quantitative estimate of drug-likeness (QED) is 0.603. The maximum absolute atomic E-state index is 11.8. The molecule has 0 radical (unpaired) electrons. The predicted octanol–water partition coefficient (Wildman–Crippen LogP) is 1.21. The summed E-state index contributed by atoms with van der Waals surface area (Å²) in [5.41, 5.74) is 0.0251. The number of aromatic nitrogens is 5. The van der Waals surface area contributed by atoms with Crippen LogP contribution in [-0.2, 0) is 4.74 Å². The van der Waals surface area contributed by atoms with E-state index < -0.39 is 5.97 Å². The summed E-state index contributed by atoms with van der Waals surface area (Å²) in [7, 11) is 0. The molecule has 2 rings (SSSR count). The summed E-state index contributed by atoms with van der Waals surface area (Å²) in [5, 5.41) is 17.0. The number of carbonyl (C=O) groups is 2. The lowest BCUT2D eigenvalue weighted by molar-refractivity contribution is 0.0517. The first kappa shape index (κ1) is 15.0. The Labute approximate surface area is 124 Å². The second-order valence-corrected chi connectivity index (χ2v) is 5.11. The first-order valence-corrected chi connectivity index (χ1v) is 7.03. The Kier molecular flexibility index (Phi) is 4.58. The van der Waals surface area contributed by atoms with Gasteiger partial charge in [-0.15, -0.1) is 10.2 Å². The number of carbonyl (C=O) groups excluding carboxylic acids is 2. The molecular formula is C11H14N6O3S. The van der Waals surface area contributed by atoms with Crippen LogP contribution in [0.15, 0.2) is 0 Å². The summed E-state index contributed by atoms with van der Waals surface area (Å²) < 4.78 is 4.89. The van der Waals surface area contributed by atoms with Crippen molar-refractivity contribution in [3.63, 3.8) is 0 Å². The van der Waals surface area contributed by atoms with Gasteiger partial charge in [0.25, 0.3) is 0 Å². The fourth-order valence-corrected chi connectivity index (χ4v) is 2.50. The van der Waals surface area contributed by atoms with Crippen LogP contribution in [0.1, 0.15) is 52.8 Å². The van der Waals surface area contributed by atoms with Crippen molar-refractivity contribution in [2.24, 2.45) is 0 Å². The molecule has 2 aromatic heterocycles. The molecule has 0 saturated heterocycles. The van der Waals surface area contributed by atoms with Gasteiger partial charge in [0.15, 0.2) is 22.4 Å². The van der Waals surface area contributed by atoms with Gasteiger partial charge in [0, 0.05) is 6.92 Å². The Morgan fingerprint density at radius 2 is 2.24 bits per heavy atom. The molecule has 10 heteroatoms. The molecule has 2 heterocycles. The maximum atomic E-state index is 11.8. The van der Waals surface area contributed by atoms with E-state index in [1.54, 1.807) is 6.92 Å². The monoisotopic (exact) mass is 310 g/mol. The van der Waals surface area contributed by atoms with E-state index in [-0.39, 0.29) is 29.0 Å². The van der Waals surface area contributed by atoms with Gasteiger partial charge in [0.1, 0.15) is 4.88 Å². The van der Waals surface area contributed by atoms with E-state index in [1.165, 1.54) is 6.92 Å². The largest absolute Gasteiger partial charge is 0.461 e. The van der Waals surface area contributed by atoms with E-state index >= 15 is 0 Å². The molecule has 1 atom stereocenters. The number of nitrogens with one attached hydrogen (secondary N) is 2. The Bertz CT molecular complexity index is 638. The number of esters is 1. The van der Waals surface area contributed by atoms with Gasteiger partial charge in [-0.2, -0.15) is 5.21 Å². The molecule has 0 aliphatic heterocycles. The molecule has 0 aliphatic carbocycles. The number of H-pyrrole nitrogens is 1. The molecule has 0 spiro atoms. The molecule has 112 valence electrons. The number of aromatic amines is 1. The van der Waals surface area contributed by atoms with Crippen molar-refractivity contribution < 1.29 is 14.3 Å². The van der Waals surface area contributed by atoms with E-state index in [9.17, 15) is 9.59 Å². The van der Waals surface area contributed by atoms with Crippen molar-refractivity contribution in [2.45, 2.75) is 26.8 Å². The first-order chi connectivity index (χ1) is 10.0. The Hall–Kier alpha value is -2.36. The molecule has 0 fully saturated rings. The molecule has 2 aromatic rings. The zero-order valence-corrected chi connectivity index (χ0v) is 12.5. The van der Waals surface area contributed by atoms with Gasteiger partial charge in [0.05, 0.1) is 12.6 Å². The minimum atomic E-state index is -0.612. The van der Waals surface area contributed by atoms with Gasteiger partial charge >= 0.3 is 5.97 Å². The SMILES string of the molecule is CCOC(=O)c1nc(NC(C)c2nn[nH]n2)sc1C(C)=O. The lowest BCUT2D eigenvalue weighted by Crippen LogP contribution is -2.10. The van der Waals surface area contributed by atoms with Crippen LogP contribution >= 0.6 is 11.3 Å². The highest BCUT2D eigenvalue weighted by Crippen LogP contribution is 2.26. The van der Waals surface area contributed by atoms with Crippen LogP contribution < -0.4 is 5.32 Å². The molecular weight excluding hydrogens is 296 g/mol. The topological polar surface area (TPSA) is 123 Å². The highest BCUT2D eigenvalue weighted by atomic mass is 32.1. The fourth-order valence-electron chi connectivity index (χ4n) is 1.56. The lowest BCUT2D eigenvalue weighted by atomic mass is 10.3. The van der Waals surface area contributed by atoms with Crippen molar-refractivity contribution in [1.82, 2.24) is 25.6 Å². The van der Waals surface area contributed by atoms with Crippen LogP contribution in [0.5, 0.6) is 0 Å². The summed E-state index contributed by atoms with van der Waals surface area (Å²) >= 11 is 1.09. The standard InChI is InChI=1S/C11H14N6O3S/c1-4-20-10(19)7-8(6(3)18)21-11(13-7)12-5(2)9-14-16-17-15-9/h5H,4H2,1-3H3,(H,12,13)(H,14,15,16,17). The molecule has 1 unspecified atom stereocenters. The average molecular weight is 310 g/mol. The summed E-state index contributed by atoms with van der Waals surface area (Å²) in [4.78, 5) is 27.8. The number of tetrazole rings is 1. The van der Waals surface area contributed by atoms with Gasteiger partial charge in [-0.05, 0) is 13.8 Å². The fraction of sp³-hybridized carbons (Fsp3) is 0.455. The van der Waals surface area contributed by atoms with Gasteiger partial charge in [-0.3, -0.25) is 4.79 Å². The number of nitrogens with zero attached hydrogens (tertiary/aromatic N) is 4. The maximum Gasteiger partial charge on any atom is 0.358 e. The Morgan fingerprint density at radius 3 is 2.81 bits per heavy atom. The third-order valence-corrected chi connectivity index (χ3v) is 3.59. The van der Waals surface area contributed by atoms with Crippen molar-refractivity contribution in [3.8, 4) is 0 Å². The molecule has 0 amide bonds. The van der Waals surface area contributed by atoms with Crippen LogP contribution in [0.3, 0.4) is 0 Å². The van der Waals surface area contributed by atoms with Crippen molar-refractivity contribution in [3.05, 3.63) is 16.4 Å². The first-order valence-electron chi connectivity index (χ1n) is 6.21. The van der Waals surface area contributed by atoms with Gasteiger partial charge in [-0.1, -0.05) is 16.6 Å². The Morgan fingerprint density at radius 1 is 1.48 bits per heavy atom. The van der Waals surface area contributed by atoms with Gasteiger partial charge in [-0.25, -0.2) is 9.78 Å². The minimum Gasteiger partial charge on any atom is -0.461 e. The number of hydrogen-bond acceptors (Lipinski definition) is 9. The van der Waals surface area contributed by atoms with Crippen molar-refractivity contribution >= 4 is 28.2 Å². The van der Waals surface area contributed by atoms with Crippen LogP contribution in [0.25, 0.3) is 0 Å². The van der Waals surface area contributed by atoms with Crippen molar-refractivity contribution in [1.29, 1.82) is 0 Å². The molecule has 0 aromatic carbocycles. The van der Waals surface area contributed by atoms with Crippen LogP contribution in [-0.4, -0.2) is 44.0 Å². The highest BCUT2D eigenvalue weighted by Gasteiger charge is 2.23. The summed E-state index contributed by atoms with van der Waals surface area (Å²) in [5.74, 6) is -0.401. The molecule has 0 bridgehead atoms. The smallest absolute Gasteiger partial charge is 0.358 e. The summed E-state index contributed by atoms with van der Waals surface area (Å²) in [6.45, 7) is 5.09. The number of rotatable bonds is 6. The number of thiazole rings is 1. The third-order valence-electron chi connectivity index (χ3n) is 2.50. The van der Waals surface area contributed by atoms with E-state index in [4.69, 9.17) is 4.74 Å². The van der Waals surface area contributed by atoms with E-state index in [1.807, 2.05) is 6.92 Å². The minimum absolute atomic E-state index is 0.0251. The van der Waals surface area contributed by atoms with Crippen LogP contribution in [0.4, 0.5) is 5.13 Å². The molecule has 0 saturated carbocycles. The lowest BCUT2D eigenvalue weighted by Gasteiger charge is -2.07. The Balaban J connectivity index is 2.23. The molecule has 2 N–H and O–H groups in total. The highest BCUT2D eigenvalue weighted by molar-refractivity contribution is 7.17. The molecule has 9 nitrogen and oxygen atoms in total. The number of ether oxygens (including phenoxy) is 1. The van der Waals surface area contributed by atoms with Gasteiger partial charge in [0.2, 0.25) is 0 Å². The zero-order chi connectivity index (χ0) is 15.4. The number of hydrogen-bond donors (Lipinski definition) is 2. The summed E-state index contributed by atoms with van der Waals surface area (Å²) in [6, 6.07) is -0.273. The number of anilines is 1. The third kappa shape index (κ3) is 3.40. The summed E-state index contributed by atoms with van der Waals surface area (Å²) in [6.07, 6.45) is 0. The number of ketones is 1. The second kappa shape index (κ2) is 6.39. The normalized spacial score (nSPS) is 12.0. The number of Topliss-reactive ketones (excluding diaryl/α,β-unsaturated/α-hetero) is 1. The average Bonchev–Trinajstić information content (AvgIpc) is 3.07. The van der Waals surface area contributed by atoms with Gasteiger partial charge < -0.3 is 10.1 Å². The van der Waals surface area contributed by atoms with E-state index in [2.05, 4.69) is 30.9 Å². The molecule has 21 heavy (non-hydrogen) atoms. The van der Waals surface area contributed by atoms with Crippen molar-refractivity contribution in [2.75, 3.05) is 11.9 Å². The van der Waals surface area contributed by atoms with Crippen LogP contribution in [0, 0.1) is 0 Å². The second-order valence-electron chi connectivity index (χ2n) is 4.11. The molecule has 0 aliphatic rings. The zero-order valence-electron chi connectivity index (χ0n) is 11.7.